The number of carboxylic acids is 1. The van der Waals surface area contributed by atoms with E-state index in [-0.39, 0.29) is 0 Å². The Morgan fingerprint density at radius 3 is 2.84 bits per heavy atom. The van der Waals surface area contributed by atoms with Crippen LogP contribution in [0.1, 0.15) is 21.7 Å². The molecule has 0 atom stereocenters. The van der Waals surface area contributed by atoms with Crippen molar-refractivity contribution in [2.45, 2.75) is 17.6 Å². The van der Waals surface area contributed by atoms with Gasteiger partial charge in [0.25, 0.3) is 0 Å². The van der Waals surface area contributed by atoms with Crippen molar-refractivity contribution in [2.75, 3.05) is 0 Å². The number of hydrogen-bond donors (Lipinski definition) is 1. The molecule has 19 heavy (non-hydrogen) atoms. The van der Waals surface area contributed by atoms with Crippen molar-refractivity contribution in [3.63, 3.8) is 0 Å². The Balaban J connectivity index is 2.14. The average molecular weight is 297 g/mol. The summed E-state index contributed by atoms with van der Waals surface area (Å²) >= 11 is 7.45. The van der Waals surface area contributed by atoms with Crippen LogP contribution in [0.15, 0.2) is 29.3 Å². The predicted octanol–water partition coefficient (Wildman–Crippen LogP) is 3.37. The highest BCUT2D eigenvalue weighted by molar-refractivity contribution is 7.98. The van der Waals surface area contributed by atoms with E-state index in [1.807, 2.05) is 19.2 Å². The largest absolute Gasteiger partial charge is 0.478 e. The van der Waals surface area contributed by atoms with E-state index in [1.165, 1.54) is 11.8 Å². The summed E-state index contributed by atoms with van der Waals surface area (Å²) in [6, 6.07) is 5.42. The number of rotatable bonds is 4. The van der Waals surface area contributed by atoms with Gasteiger partial charge in [-0.05, 0) is 24.6 Å². The van der Waals surface area contributed by atoms with Gasteiger partial charge in [0, 0.05) is 11.9 Å². The molecule has 0 aliphatic heterocycles. The van der Waals surface area contributed by atoms with Crippen LogP contribution in [0.3, 0.4) is 0 Å². The average Bonchev–Trinajstić information content (AvgIpc) is 2.69. The molecule has 0 aliphatic rings. The summed E-state index contributed by atoms with van der Waals surface area (Å²) in [4.78, 5) is 16.2. The third-order valence-electron chi connectivity index (χ3n) is 2.84. The number of thioether (sulfide) groups is 1. The molecule has 0 unspecified atom stereocenters. The number of hydrogen-bond acceptors (Lipinski definition) is 3. The minimum Gasteiger partial charge on any atom is -0.478 e. The van der Waals surface area contributed by atoms with Gasteiger partial charge in [0.1, 0.15) is 11.0 Å². The minimum atomic E-state index is -0.903. The van der Waals surface area contributed by atoms with E-state index in [1.54, 1.807) is 23.8 Å². The van der Waals surface area contributed by atoms with Crippen molar-refractivity contribution in [2.24, 2.45) is 7.05 Å². The van der Waals surface area contributed by atoms with Crippen LogP contribution < -0.4 is 0 Å². The number of aromatic carboxylic acids is 1. The fourth-order valence-electron chi connectivity index (χ4n) is 1.63. The summed E-state index contributed by atoms with van der Waals surface area (Å²) in [5, 5.41) is 9.67. The molecule has 0 amide bonds. The second kappa shape index (κ2) is 5.67. The highest BCUT2D eigenvalue weighted by Crippen LogP contribution is 2.25. The number of benzene rings is 1. The molecule has 1 heterocycles. The lowest BCUT2D eigenvalue weighted by Crippen LogP contribution is -2.00. The Labute approximate surface area is 120 Å². The molecule has 0 aliphatic carbocycles. The second-order valence-corrected chi connectivity index (χ2v) is 5.56. The number of aryl methyl sites for hydroxylation is 1. The first-order valence-electron chi connectivity index (χ1n) is 5.62. The van der Waals surface area contributed by atoms with E-state index in [0.717, 1.165) is 16.3 Å². The lowest BCUT2D eigenvalue weighted by atomic mass is 10.1. The van der Waals surface area contributed by atoms with Crippen LogP contribution >= 0.6 is 23.4 Å². The zero-order valence-electron chi connectivity index (χ0n) is 10.6. The van der Waals surface area contributed by atoms with E-state index in [4.69, 9.17) is 16.7 Å². The molecule has 1 aromatic heterocycles. The van der Waals surface area contributed by atoms with Crippen LogP contribution in [0, 0.1) is 6.92 Å². The summed E-state index contributed by atoms with van der Waals surface area (Å²) in [7, 11) is 1.85. The first-order chi connectivity index (χ1) is 8.99. The Morgan fingerprint density at radius 2 is 2.26 bits per heavy atom. The first kappa shape index (κ1) is 14.0. The smallest absolute Gasteiger partial charge is 0.335 e. The summed E-state index contributed by atoms with van der Waals surface area (Å²) in [5.74, 6) is 0.596. The van der Waals surface area contributed by atoms with Crippen LogP contribution in [-0.2, 0) is 12.8 Å². The highest BCUT2D eigenvalue weighted by Gasteiger charge is 2.09. The summed E-state index contributed by atoms with van der Waals surface area (Å²) in [5.41, 5.74) is 1.10. The Kier molecular flexibility index (Phi) is 4.17. The van der Waals surface area contributed by atoms with Gasteiger partial charge in [-0.3, -0.25) is 0 Å². The van der Waals surface area contributed by atoms with Gasteiger partial charge < -0.3 is 9.67 Å². The van der Waals surface area contributed by atoms with Gasteiger partial charge in [-0.25, -0.2) is 9.78 Å². The molecule has 0 fully saturated rings. The normalized spacial score (nSPS) is 10.7. The van der Waals surface area contributed by atoms with Crippen LogP contribution in [-0.4, -0.2) is 20.6 Å². The van der Waals surface area contributed by atoms with Crippen molar-refractivity contribution >= 4 is 29.3 Å². The van der Waals surface area contributed by atoms with Gasteiger partial charge in [-0.15, -0.1) is 11.8 Å². The number of carbonyl (C=O) groups is 1. The lowest BCUT2D eigenvalue weighted by molar-refractivity contribution is 0.0696. The summed E-state index contributed by atoms with van der Waals surface area (Å²) in [6.07, 6.45) is 1.61. The molecule has 0 spiro atoms. The zero-order valence-corrected chi connectivity index (χ0v) is 12.1. The number of carboxylic acid groups (broad SMARTS) is 1. The van der Waals surface area contributed by atoms with E-state index in [9.17, 15) is 4.79 Å². The van der Waals surface area contributed by atoms with Gasteiger partial charge in [-0.2, -0.15) is 0 Å². The number of imidazole rings is 1. The predicted molar refractivity (Wildman–Crippen MR) is 75.9 cm³/mol. The molecule has 6 heteroatoms. The number of nitrogens with zero attached hydrogens (tertiary/aromatic N) is 2. The van der Waals surface area contributed by atoms with Crippen molar-refractivity contribution in [3.05, 3.63) is 46.5 Å². The molecule has 1 N–H and O–H groups in total. The maximum atomic E-state index is 11.1. The molecule has 2 rings (SSSR count). The molecule has 0 saturated carbocycles. The molecule has 0 bridgehead atoms. The van der Waals surface area contributed by atoms with Crippen molar-refractivity contribution in [3.8, 4) is 0 Å². The molecule has 1 aromatic carbocycles. The first-order valence-corrected chi connectivity index (χ1v) is 6.98. The zero-order chi connectivity index (χ0) is 14.0. The fourth-order valence-corrected chi connectivity index (χ4v) is 2.70. The SMILES string of the molecule is Cc1ccc(SCc2ncc(Cl)n2C)cc1C(=O)O. The van der Waals surface area contributed by atoms with Crippen molar-refractivity contribution in [1.82, 2.24) is 9.55 Å². The third kappa shape index (κ3) is 3.11. The van der Waals surface area contributed by atoms with Gasteiger partial charge in [0.05, 0.1) is 17.5 Å². The van der Waals surface area contributed by atoms with E-state index in [2.05, 4.69) is 4.98 Å². The minimum absolute atomic E-state index is 0.336. The van der Waals surface area contributed by atoms with Gasteiger partial charge in [-0.1, -0.05) is 17.7 Å². The summed E-state index contributed by atoms with van der Waals surface area (Å²) < 4.78 is 1.81. The van der Waals surface area contributed by atoms with E-state index in [0.29, 0.717) is 16.5 Å². The monoisotopic (exact) mass is 296 g/mol. The number of aromatic nitrogens is 2. The van der Waals surface area contributed by atoms with E-state index < -0.39 is 5.97 Å². The van der Waals surface area contributed by atoms with Crippen molar-refractivity contribution in [1.29, 1.82) is 0 Å². The topological polar surface area (TPSA) is 55.1 Å². The molecule has 100 valence electrons. The maximum Gasteiger partial charge on any atom is 0.335 e. The van der Waals surface area contributed by atoms with Crippen LogP contribution in [0.2, 0.25) is 5.15 Å². The Bertz CT molecular complexity index is 625. The third-order valence-corrected chi connectivity index (χ3v) is 4.18. The highest BCUT2D eigenvalue weighted by atomic mass is 35.5. The Hall–Kier alpha value is -1.46. The van der Waals surface area contributed by atoms with Crippen molar-refractivity contribution < 1.29 is 9.90 Å². The summed E-state index contributed by atoms with van der Waals surface area (Å²) in [6.45, 7) is 1.79. The lowest BCUT2D eigenvalue weighted by Gasteiger charge is -2.06. The molecule has 0 radical (unpaired) electrons. The Morgan fingerprint density at radius 1 is 1.53 bits per heavy atom. The maximum absolute atomic E-state index is 11.1. The molecular weight excluding hydrogens is 284 g/mol. The second-order valence-electron chi connectivity index (χ2n) is 4.13. The molecule has 4 nitrogen and oxygen atoms in total. The molecular formula is C13H13ClN2O2S. The van der Waals surface area contributed by atoms with Crippen LogP contribution in [0.5, 0.6) is 0 Å². The number of halogens is 1. The van der Waals surface area contributed by atoms with Gasteiger partial charge in [0.2, 0.25) is 0 Å². The standard InChI is InChI=1S/C13H13ClN2O2S/c1-8-3-4-9(5-10(8)13(17)18)19-7-12-15-6-11(14)16(12)2/h3-6H,7H2,1-2H3,(H,17,18). The van der Waals surface area contributed by atoms with Crippen LogP contribution in [0.4, 0.5) is 0 Å². The molecule has 0 saturated heterocycles. The van der Waals surface area contributed by atoms with E-state index >= 15 is 0 Å². The molecule has 2 aromatic rings. The fraction of sp³-hybridized carbons (Fsp3) is 0.231. The van der Waals surface area contributed by atoms with Gasteiger partial charge in [0.15, 0.2) is 0 Å². The van der Waals surface area contributed by atoms with Gasteiger partial charge >= 0.3 is 5.97 Å². The quantitative estimate of drug-likeness (QED) is 0.879. The van der Waals surface area contributed by atoms with Crippen LogP contribution in [0.25, 0.3) is 0 Å².